The molecular formula is C9H7ClF4. The van der Waals surface area contributed by atoms with Gasteiger partial charge in [0.15, 0.2) is 6.17 Å². The van der Waals surface area contributed by atoms with E-state index in [9.17, 15) is 17.6 Å². The van der Waals surface area contributed by atoms with Gasteiger partial charge in [-0.25, -0.2) is 4.39 Å². The molecule has 0 spiro atoms. The molecule has 1 aromatic rings. The summed E-state index contributed by atoms with van der Waals surface area (Å²) in [6.45, 7) is 0. The highest BCUT2D eigenvalue weighted by Gasteiger charge is 2.39. The molecule has 0 saturated heterocycles. The third kappa shape index (κ3) is 3.18. The standard InChI is InChI=1S/C9H7ClF4/c10-7-3-1-2-6(4-7)5-8(11)9(12,13)14/h1-4,8H,5H2. The van der Waals surface area contributed by atoms with E-state index in [1.54, 1.807) is 0 Å². The molecule has 0 aliphatic heterocycles. The summed E-state index contributed by atoms with van der Waals surface area (Å²) >= 11 is 5.54. The minimum absolute atomic E-state index is 0.238. The van der Waals surface area contributed by atoms with Gasteiger partial charge in [0.05, 0.1) is 0 Å². The van der Waals surface area contributed by atoms with Crippen molar-refractivity contribution in [1.82, 2.24) is 0 Å². The summed E-state index contributed by atoms with van der Waals surface area (Å²) in [7, 11) is 0. The van der Waals surface area contributed by atoms with Crippen LogP contribution in [-0.2, 0) is 6.42 Å². The Balaban J connectivity index is 2.70. The van der Waals surface area contributed by atoms with Gasteiger partial charge in [-0.2, -0.15) is 13.2 Å². The maximum absolute atomic E-state index is 12.6. The molecule has 0 saturated carbocycles. The van der Waals surface area contributed by atoms with Crippen LogP contribution in [0.4, 0.5) is 17.6 Å². The lowest BCUT2D eigenvalue weighted by Crippen LogP contribution is -2.26. The zero-order chi connectivity index (χ0) is 10.8. The van der Waals surface area contributed by atoms with Crippen molar-refractivity contribution in [2.45, 2.75) is 18.8 Å². The molecule has 0 N–H and O–H groups in total. The molecule has 1 unspecified atom stereocenters. The molecule has 5 heteroatoms. The average Bonchev–Trinajstić information content (AvgIpc) is 2.02. The van der Waals surface area contributed by atoms with Crippen molar-refractivity contribution in [2.75, 3.05) is 0 Å². The summed E-state index contributed by atoms with van der Waals surface area (Å²) in [5.41, 5.74) is 0.238. The highest BCUT2D eigenvalue weighted by Crippen LogP contribution is 2.26. The molecule has 0 nitrogen and oxygen atoms in total. The lowest BCUT2D eigenvalue weighted by Gasteiger charge is -2.11. The summed E-state index contributed by atoms with van der Waals surface area (Å²) in [5.74, 6) is 0. The van der Waals surface area contributed by atoms with Crippen molar-refractivity contribution < 1.29 is 17.6 Å². The lowest BCUT2D eigenvalue weighted by atomic mass is 10.1. The van der Waals surface area contributed by atoms with E-state index in [1.165, 1.54) is 24.3 Å². The predicted octanol–water partition coefficient (Wildman–Crippen LogP) is 3.78. The molecule has 0 aliphatic carbocycles. The van der Waals surface area contributed by atoms with E-state index < -0.39 is 18.8 Å². The number of hydrogen-bond donors (Lipinski definition) is 0. The predicted molar refractivity (Wildman–Crippen MR) is 46.1 cm³/mol. The van der Waals surface area contributed by atoms with Gasteiger partial charge in [0.25, 0.3) is 0 Å². The number of hydrogen-bond acceptors (Lipinski definition) is 0. The van der Waals surface area contributed by atoms with Crippen LogP contribution in [0.3, 0.4) is 0 Å². The Kier molecular flexibility index (Phi) is 3.37. The van der Waals surface area contributed by atoms with Crippen LogP contribution in [-0.4, -0.2) is 12.3 Å². The summed E-state index contributed by atoms with van der Waals surface area (Å²) in [6, 6.07) is 5.73. The third-order valence-corrected chi connectivity index (χ3v) is 1.89. The molecule has 1 atom stereocenters. The summed E-state index contributed by atoms with van der Waals surface area (Å²) in [5, 5.41) is 0.303. The Morgan fingerprint density at radius 2 is 1.93 bits per heavy atom. The molecule has 1 aromatic carbocycles. The van der Waals surface area contributed by atoms with Crippen molar-refractivity contribution in [1.29, 1.82) is 0 Å². The SMILES string of the molecule is FC(Cc1cccc(Cl)c1)C(F)(F)F. The summed E-state index contributed by atoms with van der Waals surface area (Å²) < 4.78 is 48.0. The molecule has 0 heterocycles. The van der Waals surface area contributed by atoms with Gasteiger partial charge in [0.2, 0.25) is 0 Å². The maximum Gasteiger partial charge on any atom is 0.419 e. The van der Waals surface area contributed by atoms with Crippen LogP contribution >= 0.6 is 11.6 Å². The van der Waals surface area contributed by atoms with Crippen molar-refractivity contribution in [3.63, 3.8) is 0 Å². The first-order valence-electron chi connectivity index (χ1n) is 3.85. The fourth-order valence-electron chi connectivity index (χ4n) is 0.987. The Bertz CT molecular complexity index is 308. The molecule has 0 bridgehead atoms. The average molecular weight is 227 g/mol. The van der Waals surface area contributed by atoms with Gasteiger partial charge < -0.3 is 0 Å². The number of halogens is 5. The molecular weight excluding hydrogens is 220 g/mol. The Morgan fingerprint density at radius 3 is 2.43 bits per heavy atom. The van der Waals surface area contributed by atoms with Gasteiger partial charge in [0, 0.05) is 11.4 Å². The molecule has 0 fully saturated rings. The molecule has 14 heavy (non-hydrogen) atoms. The lowest BCUT2D eigenvalue weighted by molar-refractivity contribution is -0.179. The molecule has 0 aliphatic rings. The van der Waals surface area contributed by atoms with Crippen molar-refractivity contribution in [3.05, 3.63) is 34.9 Å². The molecule has 0 radical (unpaired) electrons. The highest BCUT2D eigenvalue weighted by molar-refractivity contribution is 6.30. The van der Waals surface area contributed by atoms with E-state index in [0.717, 1.165) is 0 Å². The second kappa shape index (κ2) is 4.17. The number of benzene rings is 1. The Morgan fingerprint density at radius 1 is 1.29 bits per heavy atom. The zero-order valence-electron chi connectivity index (χ0n) is 6.98. The smallest absolute Gasteiger partial charge is 0.237 e. The van der Waals surface area contributed by atoms with Crippen LogP contribution in [0.15, 0.2) is 24.3 Å². The van der Waals surface area contributed by atoms with Crippen LogP contribution in [0, 0.1) is 0 Å². The van der Waals surface area contributed by atoms with E-state index in [0.29, 0.717) is 5.02 Å². The van der Waals surface area contributed by atoms with E-state index in [2.05, 4.69) is 0 Å². The Labute approximate surface area is 83.5 Å². The second-order valence-electron chi connectivity index (χ2n) is 2.84. The fourth-order valence-corrected chi connectivity index (χ4v) is 1.20. The third-order valence-electron chi connectivity index (χ3n) is 1.66. The maximum atomic E-state index is 12.6. The van der Waals surface area contributed by atoms with Gasteiger partial charge in [-0.15, -0.1) is 0 Å². The minimum atomic E-state index is -4.80. The molecule has 0 aromatic heterocycles. The van der Waals surface area contributed by atoms with Gasteiger partial charge in [-0.1, -0.05) is 23.7 Å². The quantitative estimate of drug-likeness (QED) is 0.673. The summed E-state index contributed by atoms with van der Waals surface area (Å²) in [4.78, 5) is 0. The molecule has 1 rings (SSSR count). The van der Waals surface area contributed by atoms with Crippen LogP contribution in [0.1, 0.15) is 5.56 Å². The monoisotopic (exact) mass is 226 g/mol. The van der Waals surface area contributed by atoms with Crippen molar-refractivity contribution in [2.24, 2.45) is 0 Å². The molecule has 0 amide bonds. The van der Waals surface area contributed by atoms with Gasteiger partial charge in [0.1, 0.15) is 0 Å². The fraction of sp³-hybridized carbons (Fsp3) is 0.333. The molecule has 78 valence electrons. The first-order valence-corrected chi connectivity index (χ1v) is 4.22. The van der Waals surface area contributed by atoms with Crippen LogP contribution in [0.25, 0.3) is 0 Å². The zero-order valence-corrected chi connectivity index (χ0v) is 7.74. The van der Waals surface area contributed by atoms with E-state index in [1.807, 2.05) is 0 Å². The van der Waals surface area contributed by atoms with E-state index >= 15 is 0 Å². The van der Waals surface area contributed by atoms with Crippen molar-refractivity contribution >= 4 is 11.6 Å². The first-order chi connectivity index (χ1) is 6.39. The van der Waals surface area contributed by atoms with Gasteiger partial charge in [-0.3, -0.25) is 0 Å². The van der Waals surface area contributed by atoms with E-state index in [-0.39, 0.29) is 5.56 Å². The highest BCUT2D eigenvalue weighted by atomic mass is 35.5. The normalized spacial score (nSPS) is 14.1. The minimum Gasteiger partial charge on any atom is -0.237 e. The van der Waals surface area contributed by atoms with E-state index in [4.69, 9.17) is 11.6 Å². The first kappa shape index (κ1) is 11.3. The van der Waals surface area contributed by atoms with Crippen LogP contribution < -0.4 is 0 Å². The van der Waals surface area contributed by atoms with Gasteiger partial charge in [-0.05, 0) is 17.7 Å². The number of alkyl halides is 4. The Hall–Kier alpha value is -0.770. The second-order valence-corrected chi connectivity index (χ2v) is 3.28. The van der Waals surface area contributed by atoms with Crippen molar-refractivity contribution in [3.8, 4) is 0 Å². The number of rotatable bonds is 2. The van der Waals surface area contributed by atoms with Crippen LogP contribution in [0.5, 0.6) is 0 Å². The van der Waals surface area contributed by atoms with Gasteiger partial charge >= 0.3 is 6.18 Å². The largest absolute Gasteiger partial charge is 0.419 e. The van der Waals surface area contributed by atoms with Crippen LogP contribution in [0.2, 0.25) is 5.02 Å². The topological polar surface area (TPSA) is 0 Å². The summed E-state index contributed by atoms with van der Waals surface area (Å²) in [6.07, 6.45) is -8.33.